The minimum atomic E-state index is -0.470. The van der Waals surface area contributed by atoms with Crippen molar-refractivity contribution < 1.29 is 9.53 Å². The van der Waals surface area contributed by atoms with E-state index < -0.39 is 5.91 Å². The van der Waals surface area contributed by atoms with E-state index >= 15 is 0 Å². The molecule has 2 heterocycles. The van der Waals surface area contributed by atoms with Crippen LogP contribution in [0.15, 0.2) is 6.07 Å². The summed E-state index contributed by atoms with van der Waals surface area (Å²) in [5, 5.41) is 6.99. The van der Waals surface area contributed by atoms with Crippen LogP contribution < -0.4 is 5.73 Å². The highest BCUT2D eigenvalue weighted by Crippen LogP contribution is 2.26. The molecule has 0 aromatic carbocycles. The van der Waals surface area contributed by atoms with E-state index in [1.807, 2.05) is 0 Å². The summed E-state index contributed by atoms with van der Waals surface area (Å²) in [5.74, 6) is -0.0702. The van der Waals surface area contributed by atoms with E-state index in [1.54, 1.807) is 6.07 Å². The van der Waals surface area contributed by atoms with Gasteiger partial charge in [-0.2, -0.15) is 5.10 Å². The van der Waals surface area contributed by atoms with Crippen LogP contribution in [0.3, 0.4) is 0 Å². The molecule has 3 rings (SSSR count). The first-order valence-electron chi connectivity index (χ1n) is 9.41. The molecule has 6 heteroatoms. The number of aromatic nitrogens is 2. The molecular weight excluding hydrogens is 304 g/mol. The molecule has 0 spiro atoms. The molecule has 24 heavy (non-hydrogen) atoms. The first kappa shape index (κ1) is 17.4. The van der Waals surface area contributed by atoms with Crippen molar-refractivity contribution in [1.82, 2.24) is 15.1 Å². The van der Waals surface area contributed by atoms with Crippen LogP contribution in [0.4, 0.5) is 0 Å². The Labute approximate surface area is 144 Å². The standard InChI is InChI=1S/C18H30N4O2/c19-18(23)17-12-16(20-21-17)14-6-5-9-22(13-14)10-11-24-15-7-3-1-2-4-8-15/h12,14-15H,1-11,13H2,(H2,19,23)(H,20,21). The number of piperidine rings is 1. The quantitative estimate of drug-likeness (QED) is 0.783. The zero-order valence-corrected chi connectivity index (χ0v) is 14.5. The number of carbonyl (C=O) groups is 1. The summed E-state index contributed by atoms with van der Waals surface area (Å²) in [7, 11) is 0. The van der Waals surface area contributed by atoms with Crippen LogP contribution in [0.1, 0.15) is 73.5 Å². The third kappa shape index (κ3) is 4.80. The highest BCUT2D eigenvalue weighted by atomic mass is 16.5. The lowest BCUT2D eigenvalue weighted by Crippen LogP contribution is -2.37. The van der Waals surface area contributed by atoms with Crippen molar-refractivity contribution in [3.63, 3.8) is 0 Å². The second-order valence-corrected chi connectivity index (χ2v) is 7.20. The van der Waals surface area contributed by atoms with Gasteiger partial charge in [0, 0.05) is 24.7 Å². The van der Waals surface area contributed by atoms with Crippen molar-refractivity contribution in [1.29, 1.82) is 0 Å². The molecule has 2 fully saturated rings. The normalized spacial score (nSPS) is 23.9. The molecule has 1 saturated heterocycles. The summed E-state index contributed by atoms with van der Waals surface area (Å²) in [6, 6.07) is 1.80. The molecule has 6 nitrogen and oxygen atoms in total. The van der Waals surface area contributed by atoms with Crippen LogP contribution in [0.25, 0.3) is 0 Å². The van der Waals surface area contributed by atoms with Crippen LogP contribution in [0.5, 0.6) is 0 Å². The minimum Gasteiger partial charge on any atom is -0.377 e. The summed E-state index contributed by atoms with van der Waals surface area (Å²) in [6.07, 6.45) is 10.6. The molecule has 1 aromatic rings. The maximum atomic E-state index is 11.2. The summed E-state index contributed by atoms with van der Waals surface area (Å²) < 4.78 is 6.12. The first-order valence-corrected chi connectivity index (χ1v) is 9.41. The second kappa shape index (κ2) is 8.62. The fourth-order valence-electron chi connectivity index (χ4n) is 3.94. The second-order valence-electron chi connectivity index (χ2n) is 7.20. The van der Waals surface area contributed by atoms with Gasteiger partial charge in [-0.25, -0.2) is 0 Å². The summed E-state index contributed by atoms with van der Waals surface area (Å²) in [5.41, 5.74) is 6.64. The Morgan fingerprint density at radius 3 is 2.75 bits per heavy atom. The van der Waals surface area contributed by atoms with Crippen molar-refractivity contribution >= 4 is 5.91 Å². The molecule has 0 radical (unpaired) electrons. The van der Waals surface area contributed by atoms with Crippen LogP contribution in [-0.4, -0.2) is 53.3 Å². The van der Waals surface area contributed by atoms with Crippen LogP contribution >= 0.6 is 0 Å². The highest BCUT2D eigenvalue weighted by molar-refractivity contribution is 5.90. The number of H-pyrrole nitrogens is 1. The summed E-state index contributed by atoms with van der Waals surface area (Å²) in [4.78, 5) is 13.7. The number of amides is 1. The predicted octanol–water partition coefficient (Wildman–Crippen LogP) is 2.43. The van der Waals surface area contributed by atoms with Gasteiger partial charge in [-0.05, 0) is 38.3 Å². The Morgan fingerprint density at radius 1 is 1.25 bits per heavy atom. The van der Waals surface area contributed by atoms with Gasteiger partial charge in [-0.15, -0.1) is 0 Å². The van der Waals surface area contributed by atoms with Gasteiger partial charge in [0.05, 0.1) is 12.7 Å². The lowest BCUT2D eigenvalue weighted by Gasteiger charge is -2.32. The molecule has 1 aliphatic heterocycles. The molecule has 3 N–H and O–H groups in total. The zero-order chi connectivity index (χ0) is 16.8. The van der Waals surface area contributed by atoms with E-state index in [9.17, 15) is 4.79 Å². The minimum absolute atomic E-state index is 0.332. The number of likely N-dealkylation sites (tertiary alicyclic amines) is 1. The van der Waals surface area contributed by atoms with E-state index in [-0.39, 0.29) is 0 Å². The number of aromatic amines is 1. The maximum Gasteiger partial charge on any atom is 0.269 e. The van der Waals surface area contributed by atoms with Gasteiger partial charge in [0.2, 0.25) is 0 Å². The SMILES string of the molecule is NC(=O)c1cc(C2CCCN(CCOC3CCCCCC3)C2)[nH]n1. The van der Waals surface area contributed by atoms with Gasteiger partial charge >= 0.3 is 0 Å². The molecular formula is C18H30N4O2. The van der Waals surface area contributed by atoms with Crippen molar-refractivity contribution in [2.45, 2.75) is 63.4 Å². The number of ether oxygens (including phenoxy) is 1. The van der Waals surface area contributed by atoms with Gasteiger partial charge < -0.3 is 15.4 Å². The average molecular weight is 334 g/mol. The molecule has 1 amide bonds. The molecule has 0 bridgehead atoms. The number of hydrogen-bond acceptors (Lipinski definition) is 4. The average Bonchev–Trinajstić information content (AvgIpc) is 2.95. The third-order valence-electron chi connectivity index (χ3n) is 5.36. The Kier molecular flexibility index (Phi) is 6.26. The molecule has 1 aliphatic carbocycles. The topological polar surface area (TPSA) is 84.2 Å². The monoisotopic (exact) mass is 334 g/mol. The Hall–Kier alpha value is -1.40. The highest BCUT2D eigenvalue weighted by Gasteiger charge is 2.23. The van der Waals surface area contributed by atoms with E-state index in [2.05, 4.69) is 15.1 Å². The number of rotatable bonds is 6. The summed E-state index contributed by atoms with van der Waals surface area (Å²) in [6.45, 7) is 3.94. The van der Waals surface area contributed by atoms with Gasteiger partial charge in [0.25, 0.3) is 5.91 Å². The maximum absolute atomic E-state index is 11.2. The van der Waals surface area contributed by atoms with Gasteiger partial charge in [-0.3, -0.25) is 9.89 Å². The van der Waals surface area contributed by atoms with Crippen molar-refractivity contribution in [2.24, 2.45) is 5.73 Å². The number of carbonyl (C=O) groups excluding carboxylic acids is 1. The fraction of sp³-hybridized carbons (Fsp3) is 0.778. The third-order valence-corrected chi connectivity index (χ3v) is 5.36. The Balaban J connectivity index is 1.44. The molecule has 1 atom stereocenters. The van der Waals surface area contributed by atoms with E-state index in [0.29, 0.717) is 17.7 Å². The number of primary amides is 1. The Morgan fingerprint density at radius 2 is 2.04 bits per heavy atom. The molecule has 1 aromatic heterocycles. The smallest absolute Gasteiger partial charge is 0.269 e. The van der Waals surface area contributed by atoms with Crippen molar-refractivity contribution in [2.75, 3.05) is 26.2 Å². The molecule has 1 unspecified atom stereocenters. The predicted molar refractivity (Wildman–Crippen MR) is 93.0 cm³/mol. The fourth-order valence-corrected chi connectivity index (χ4v) is 3.94. The van der Waals surface area contributed by atoms with E-state index in [1.165, 1.54) is 44.9 Å². The lowest BCUT2D eigenvalue weighted by atomic mass is 9.94. The number of nitrogens with zero attached hydrogens (tertiary/aromatic N) is 2. The lowest BCUT2D eigenvalue weighted by molar-refractivity contribution is 0.0248. The van der Waals surface area contributed by atoms with Gasteiger partial charge in [-0.1, -0.05) is 25.7 Å². The number of nitrogens with two attached hydrogens (primary N) is 1. The summed E-state index contributed by atoms with van der Waals surface area (Å²) >= 11 is 0. The largest absolute Gasteiger partial charge is 0.377 e. The van der Waals surface area contributed by atoms with E-state index in [4.69, 9.17) is 10.5 Å². The van der Waals surface area contributed by atoms with Crippen LogP contribution in [0, 0.1) is 0 Å². The molecule has 134 valence electrons. The molecule has 2 aliphatic rings. The number of hydrogen-bond donors (Lipinski definition) is 2. The molecule has 1 saturated carbocycles. The first-order chi connectivity index (χ1) is 11.7. The number of nitrogens with one attached hydrogen (secondary N) is 1. The van der Waals surface area contributed by atoms with E-state index in [0.717, 1.165) is 38.4 Å². The van der Waals surface area contributed by atoms with Crippen LogP contribution in [-0.2, 0) is 4.74 Å². The van der Waals surface area contributed by atoms with Crippen molar-refractivity contribution in [3.05, 3.63) is 17.5 Å². The van der Waals surface area contributed by atoms with Gasteiger partial charge in [0.1, 0.15) is 5.69 Å². The van der Waals surface area contributed by atoms with Gasteiger partial charge in [0.15, 0.2) is 0 Å². The van der Waals surface area contributed by atoms with Crippen molar-refractivity contribution in [3.8, 4) is 0 Å². The zero-order valence-electron chi connectivity index (χ0n) is 14.5. The Bertz CT molecular complexity index is 523. The van der Waals surface area contributed by atoms with Crippen LogP contribution in [0.2, 0.25) is 0 Å².